The number of phenolic OH excluding ortho intramolecular Hbond substituents is 1. The number of aliphatic hydroxyl groups is 2. The molecule has 4 nitrogen and oxygen atoms in total. The number of hydrogen-bond donors (Lipinski definition) is 3. The minimum Gasteiger partial charge on any atom is -0.505 e. The topological polar surface area (TPSA) is 63.9 Å². The van der Waals surface area contributed by atoms with E-state index in [9.17, 15) is 19.7 Å². The van der Waals surface area contributed by atoms with Gasteiger partial charge in [-0.3, -0.25) is 4.90 Å². The normalized spacial score (nSPS) is 19.9. The molecule has 0 amide bonds. The number of benzene rings is 2. The Balaban J connectivity index is 1.66. The van der Waals surface area contributed by atoms with E-state index in [4.69, 9.17) is 11.6 Å². The molecule has 0 saturated carbocycles. The molecule has 3 rings (SSSR count). The van der Waals surface area contributed by atoms with E-state index in [1.807, 2.05) is 19.1 Å². The van der Waals surface area contributed by atoms with Gasteiger partial charge in [0, 0.05) is 24.2 Å². The molecule has 1 fully saturated rings. The van der Waals surface area contributed by atoms with Crippen LogP contribution in [0.1, 0.15) is 37.0 Å². The van der Waals surface area contributed by atoms with Crippen molar-refractivity contribution in [1.82, 2.24) is 4.90 Å². The molecule has 0 aromatic heterocycles. The molecule has 0 spiro atoms. The maximum absolute atomic E-state index is 13.5. The summed E-state index contributed by atoms with van der Waals surface area (Å²) < 4.78 is 13.5. The fourth-order valence-electron chi connectivity index (χ4n) is 3.54. The van der Waals surface area contributed by atoms with Gasteiger partial charge >= 0.3 is 0 Å². The summed E-state index contributed by atoms with van der Waals surface area (Å²) in [6.45, 7) is 3.10. The fraction of sp³-hybridized carbons (Fsp3) is 0.400. The van der Waals surface area contributed by atoms with E-state index in [0.717, 1.165) is 11.6 Å². The van der Waals surface area contributed by atoms with Crippen molar-refractivity contribution in [2.45, 2.75) is 37.5 Å². The standard InChI is InChI=1S/C20H23ClFNO3/c1-13(19(25)14-2-7-18(24)17(22)12-14)23-10-8-20(26,9-11-23)15-3-5-16(21)6-4-15/h2-7,12-13,19,24-26H,8-11H2,1H3/t13-,19+/m1/s1. The van der Waals surface area contributed by atoms with Gasteiger partial charge in [-0.1, -0.05) is 29.8 Å². The first-order valence-corrected chi connectivity index (χ1v) is 9.07. The Labute approximate surface area is 157 Å². The maximum atomic E-state index is 13.5. The van der Waals surface area contributed by atoms with E-state index in [2.05, 4.69) is 4.90 Å². The van der Waals surface area contributed by atoms with E-state index in [-0.39, 0.29) is 6.04 Å². The van der Waals surface area contributed by atoms with E-state index >= 15 is 0 Å². The van der Waals surface area contributed by atoms with Gasteiger partial charge in [-0.25, -0.2) is 4.39 Å². The molecule has 0 radical (unpaired) electrons. The molecule has 2 aromatic rings. The zero-order valence-electron chi connectivity index (χ0n) is 14.6. The Bertz CT molecular complexity index is 760. The van der Waals surface area contributed by atoms with Gasteiger partial charge < -0.3 is 15.3 Å². The number of likely N-dealkylation sites (tertiary alicyclic amines) is 1. The third-order valence-electron chi connectivity index (χ3n) is 5.35. The Hall–Kier alpha value is -1.66. The molecule has 26 heavy (non-hydrogen) atoms. The van der Waals surface area contributed by atoms with E-state index in [1.165, 1.54) is 12.1 Å². The summed E-state index contributed by atoms with van der Waals surface area (Å²) in [5, 5.41) is 31.4. The van der Waals surface area contributed by atoms with Gasteiger partial charge in [0.25, 0.3) is 0 Å². The number of rotatable bonds is 4. The number of halogens is 2. The lowest BCUT2D eigenvalue weighted by Crippen LogP contribution is -2.47. The van der Waals surface area contributed by atoms with Crippen molar-refractivity contribution in [2.24, 2.45) is 0 Å². The predicted octanol–water partition coefficient (Wildman–Crippen LogP) is 3.59. The lowest BCUT2D eigenvalue weighted by molar-refractivity contribution is -0.0502. The molecule has 3 N–H and O–H groups in total. The second-order valence-corrected chi connectivity index (χ2v) is 7.41. The monoisotopic (exact) mass is 379 g/mol. The Morgan fingerprint density at radius 3 is 2.31 bits per heavy atom. The summed E-state index contributed by atoms with van der Waals surface area (Å²) in [5.74, 6) is -1.18. The number of piperidine rings is 1. The molecule has 6 heteroatoms. The van der Waals surface area contributed by atoms with Gasteiger partial charge in [0.1, 0.15) is 0 Å². The van der Waals surface area contributed by atoms with Crippen LogP contribution in [-0.4, -0.2) is 39.4 Å². The van der Waals surface area contributed by atoms with Gasteiger partial charge in [-0.05, 0) is 55.2 Å². The summed E-state index contributed by atoms with van der Waals surface area (Å²) in [5.41, 5.74) is 0.359. The molecule has 1 heterocycles. The first kappa shape index (κ1) is 19.1. The molecule has 2 atom stereocenters. The molecule has 0 bridgehead atoms. The van der Waals surface area contributed by atoms with E-state index < -0.39 is 23.3 Å². The first-order chi connectivity index (χ1) is 12.3. The maximum Gasteiger partial charge on any atom is 0.165 e. The van der Waals surface area contributed by atoms with Crippen LogP contribution in [0.25, 0.3) is 0 Å². The quantitative estimate of drug-likeness (QED) is 0.759. The third-order valence-corrected chi connectivity index (χ3v) is 5.60. The molecule has 140 valence electrons. The number of hydrogen-bond acceptors (Lipinski definition) is 4. The number of phenols is 1. The van der Waals surface area contributed by atoms with Gasteiger partial charge in [0.05, 0.1) is 11.7 Å². The van der Waals surface area contributed by atoms with Crippen LogP contribution in [-0.2, 0) is 5.60 Å². The van der Waals surface area contributed by atoms with Crippen LogP contribution in [0.15, 0.2) is 42.5 Å². The van der Waals surface area contributed by atoms with E-state index in [1.54, 1.807) is 12.1 Å². The van der Waals surface area contributed by atoms with Crippen LogP contribution in [0.3, 0.4) is 0 Å². The van der Waals surface area contributed by atoms with Crippen molar-refractivity contribution < 1.29 is 19.7 Å². The number of aromatic hydroxyl groups is 1. The molecule has 1 aliphatic rings. The smallest absolute Gasteiger partial charge is 0.165 e. The number of aliphatic hydroxyl groups excluding tert-OH is 1. The summed E-state index contributed by atoms with van der Waals surface area (Å²) in [6, 6.07) is 10.9. The SMILES string of the molecule is C[C@H]([C@H](O)c1ccc(O)c(F)c1)N1CCC(O)(c2ccc(Cl)cc2)CC1. The highest BCUT2D eigenvalue weighted by Crippen LogP contribution is 2.35. The van der Waals surface area contributed by atoms with Crippen molar-refractivity contribution >= 4 is 11.6 Å². The fourth-order valence-corrected chi connectivity index (χ4v) is 3.66. The molecule has 0 aliphatic carbocycles. The Kier molecular flexibility index (Phi) is 5.53. The molecular weight excluding hydrogens is 357 g/mol. The largest absolute Gasteiger partial charge is 0.505 e. The van der Waals surface area contributed by atoms with Crippen molar-refractivity contribution in [3.05, 3.63) is 64.4 Å². The van der Waals surface area contributed by atoms with Crippen LogP contribution < -0.4 is 0 Å². The summed E-state index contributed by atoms with van der Waals surface area (Å²) in [7, 11) is 0. The Morgan fingerprint density at radius 1 is 1.12 bits per heavy atom. The van der Waals surface area contributed by atoms with Crippen molar-refractivity contribution in [3.8, 4) is 5.75 Å². The van der Waals surface area contributed by atoms with Gasteiger partial charge in [-0.2, -0.15) is 0 Å². The molecule has 1 aliphatic heterocycles. The van der Waals surface area contributed by atoms with Crippen molar-refractivity contribution in [1.29, 1.82) is 0 Å². The highest BCUT2D eigenvalue weighted by molar-refractivity contribution is 6.30. The average Bonchev–Trinajstić information content (AvgIpc) is 2.64. The molecule has 2 aromatic carbocycles. The van der Waals surface area contributed by atoms with Crippen molar-refractivity contribution in [3.63, 3.8) is 0 Å². The number of nitrogens with zero attached hydrogens (tertiary/aromatic N) is 1. The van der Waals surface area contributed by atoms with Gasteiger partial charge in [0.15, 0.2) is 11.6 Å². The van der Waals surface area contributed by atoms with Gasteiger partial charge in [-0.15, -0.1) is 0 Å². The van der Waals surface area contributed by atoms with Crippen LogP contribution >= 0.6 is 11.6 Å². The molecule has 0 unspecified atom stereocenters. The van der Waals surface area contributed by atoms with Crippen LogP contribution in [0.2, 0.25) is 5.02 Å². The average molecular weight is 380 g/mol. The summed E-state index contributed by atoms with van der Waals surface area (Å²) in [4.78, 5) is 2.08. The zero-order chi connectivity index (χ0) is 18.9. The third kappa shape index (κ3) is 3.86. The predicted molar refractivity (Wildman–Crippen MR) is 98.6 cm³/mol. The van der Waals surface area contributed by atoms with Crippen LogP contribution in [0.5, 0.6) is 5.75 Å². The minimum atomic E-state index is -0.906. The lowest BCUT2D eigenvalue weighted by Gasteiger charge is -2.42. The first-order valence-electron chi connectivity index (χ1n) is 8.69. The summed E-state index contributed by atoms with van der Waals surface area (Å²) in [6.07, 6.45) is 0.192. The van der Waals surface area contributed by atoms with Crippen LogP contribution in [0, 0.1) is 5.82 Å². The lowest BCUT2D eigenvalue weighted by atomic mass is 9.83. The van der Waals surface area contributed by atoms with Gasteiger partial charge in [0.2, 0.25) is 0 Å². The highest BCUT2D eigenvalue weighted by atomic mass is 35.5. The van der Waals surface area contributed by atoms with Crippen LogP contribution in [0.4, 0.5) is 4.39 Å². The van der Waals surface area contributed by atoms with E-state index in [0.29, 0.717) is 36.5 Å². The highest BCUT2D eigenvalue weighted by Gasteiger charge is 2.36. The Morgan fingerprint density at radius 2 is 1.73 bits per heavy atom. The zero-order valence-corrected chi connectivity index (χ0v) is 15.3. The molecular formula is C20H23ClFNO3. The summed E-state index contributed by atoms with van der Waals surface area (Å²) >= 11 is 5.91. The second-order valence-electron chi connectivity index (χ2n) is 6.97. The minimum absolute atomic E-state index is 0.242. The molecule has 1 saturated heterocycles. The second kappa shape index (κ2) is 7.53. The van der Waals surface area contributed by atoms with Crippen molar-refractivity contribution in [2.75, 3.05) is 13.1 Å².